The highest BCUT2D eigenvalue weighted by Crippen LogP contribution is 2.23. The number of benzene rings is 1. The Morgan fingerprint density at radius 1 is 1.47 bits per heavy atom. The molecule has 0 aromatic heterocycles. The van der Waals surface area contributed by atoms with Gasteiger partial charge in [-0.3, -0.25) is 10.1 Å². The zero-order chi connectivity index (χ0) is 11.4. The molecule has 0 N–H and O–H groups in total. The maximum absolute atomic E-state index is 10.5. The van der Waals surface area contributed by atoms with E-state index in [0.717, 1.165) is 5.56 Å². The molecule has 5 heteroatoms. The molecule has 1 aromatic rings. The second-order valence-electron chi connectivity index (χ2n) is 3.44. The fraction of sp³-hybridized carbons (Fsp3) is 0.300. The van der Waals surface area contributed by atoms with Gasteiger partial charge in [0.05, 0.1) is 16.9 Å². The van der Waals surface area contributed by atoms with E-state index in [9.17, 15) is 10.1 Å². The lowest BCUT2D eigenvalue weighted by Crippen LogP contribution is -2.07. The van der Waals surface area contributed by atoms with E-state index in [2.05, 4.69) is 4.99 Å². The van der Waals surface area contributed by atoms with Crippen LogP contribution in [0.4, 0.5) is 11.4 Å². The molecule has 0 saturated carbocycles. The first-order valence-corrected chi connectivity index (χ1v) is 4.46. The Hall–Kier alpha value is -1.91. The number of nitro benzene ring substituents is 1. The maximum atomic E-state index is 10.5. The zero-order valence-electron chi connectivity index (χ0n) is 8.97. The molecule has 0 bridgehead atoms. The van der Waals surface area contributed by atoms with E-state index in [1.54, 1.807) is 17.3 Å². The summed E-state index contributed by atoms with van der Waals surface area (Å²) in [6.45, 7) is 1.87. The van der Waals surface area contributed by atoms with E-state index in [-0.39, 0.29) is 5.69 Å². The number of aryl methyl sites for hydroxylation is 1. The van der Waals surface area contributed by atoms with Crippen molar-refractivity contribution in [3.05, 3.63) is 33.9 Å². The summed E-state index contributed by atoms with van der Waals surface area (Å²) in [5.41, 5.74) is 1.60. The van der Waals surface area contributed by atoms with Crippen LogP contribution < -0.4 is 0 Å². The van der Waals surface area contributed by atoms with Gasteiger partial charge >= 0.3 is 0 Å². The summed E-state index contributed by atoms with van der Waals surface area (Å²) >= 11 is 0. The van der Waals surface area contributed by atoms with E-state index < -0.39 is 4.92 Å². The lowest BCUT2D eigenvalue weighted by molar-refractivity contribution is -0.384. The van der Waals surface area contributed by atoms with Gasteiger partial charge in [-0.15, -0.1) is 0 Å². The molecule has 0 heterocycles. The predicted octanol–water partition coefficient (Wildman–Crippen LogP) is 2.12. The fourth-order valence-electron chi connectivity index (χ4n) is 1.03. The van der Waals surface area contributed by atoms with Crippen LogP contribution in [0.5, 0.6) is 0 Å². The second-order valence-corrected chi connectivity index (χ2v) is 3.44. The monoisotopic (exact) mass is 207 g/mol. The van der Waals surface area contributed by atoms with Gasteiger partial charge in [-0.05, 0) is 12.5 Å². The lowest BCUT2D eigenvalue weighted by atomic mass is 10.2. The van der Waals surface area contributed by atoms with Crippen molar-refractivity contribution in [1.82, 2.24) is 4.90 Å². The zero-order valence-corrected chi connectivity index (χ0v) is 8.97. The number of nitrogens with zero attached hydrogens (tertiary/aromatic N) is 3. The molecular formula is C10H13N3O2. The third-order valence-electron chi connectivity index (χ3n) is 1.83. The van der Waals surface area contributed by atoms with Crippen molar-refractivity contribution in [2.75, 3.05) is 14.1 Å². The van der Waals surface area contributed by atoms with Gasteiger partial charge in [-0.25, -0.2) is 4.99 Å². The molecule has 0 aliphatic heterocycles. The van der Waals surface area contributed by atoms with Gasteiger partial charge in [-0.2, -0.15) is 0 Å². The highest BCUT2D eigenvalue weighted by atomic mass is 16.6. The Morgan fingerprint density at radius 3 is 2.67 bits per heavy atom. The van der Waals surface area contributed by atoms with Crippen LogP contribution in [-0.2, 0) is 0 Å². The predicted molar refractivity (Wildman–Crippen MR) is 59.7 cm³/mol. The van der Waals surface area contributed by atoms with Crippen LogP contribution in [0.15, 0.2) is 23.2 Å². The van der Waals surface area contributed by atoms with Crippen LogP contribution in [0.25, 0.3) is 0 Å². The molecule has 0 fully saturated rings. The van der Waals surface area contributed by atoms with Crippen LogP contribution in [0.2, 0.25) is 0 Å². The quantitative estimate of drug-likeness (QED) is 0.330. The Labute approximate surface area is 88.2 Å². The van der Waals surface area contributed by atoms with Gasteiger partial charge in [-0.1, -0.05) is 6.07 Å². The summed E-state index contributed by atoms with van der Waals surface area (Å²) < 4.78 is 0. The van der Waals surface area contributed by atoms with E-state index in [1.165, 1.54) is 12.1 Å². The van der Waals surface area contributed by atoms with Crippen molar-refractivity contribution in [2.45, 2.75) is 6.92 Å². The summed E-state index contributed by atoms with van der Waals surface area (Å²) in [5.74, 6) is 0. The summed E-state index contributed by atoms with van der Waals surface area (Å²) in [6.07, 6.45) is 1.62. The SMILES string of the molecule is Cc1ccc([N+](=O)[O-])cc1N=CN(C)C. The lowest BCUT2D eigenvalue weighted by Gasteiger charge is -2.04. The number of hydrogen-bond donors (Lipinski definition) is 0. The Bertz CT molecular complexity index is 400. The molecule has 1 rings (SSSR count). The van der Waals surface area contributed by atoms with Crippen molar-refractivity contribution in [1.29, 1.82) is 0 Å². The average Bonchev–Trinajstić information content (AvgIpc) is 2.16. The first-order chi connectivity index (χ1) is 7.00. The summed E-state index contributed by atoms with van der Waals surface area (Å²) in [6, 6.07) is 4.64. The number of nitro groups is 1. The standard InChI is InChI=1S/C10H13N3O2/c1-8-4-5-9(13(14)15)6-10(8)11-7-12(2)3/h4-7H,1-3H3. The molecule has 0 atom stereocenters. The van der Waals surface area contributed by atoms with Crippen molar-refractivity contribution in [3.63, 3.8) is 0 Å². The minimum absolute atomic E-state index is 0.0616. The fourth-order valence-corrected chi connectivity index (χ4v) is 1.03. The highest BCUT2D eigenvalue weighted by Gasteiger charge is 2.07. The smallest absolute Gasteiger partial charge is 0.271 e. The van der Waals surface area contributed by atoms with Crippen LogP contribution >= 0.6 is 0 Å². The van der Waals surface area contributed by atoms with Gasteiger partial charge < -0.3 is 4.90 Å². The van der Waals surface area contributed by atoms with E-state index in [1.807, 2.05) is 21.0 Å². The molecular weight excluding hydrogens is 194 g/mol. The van der Waals surface area contributed by atoms with Crippen molar-refractivity contribution in [2.24, 2.45) is 4.99 Å². The summed E-state index contributed by atoms with van der Waals surface area (Å²) in [7, 11) is 3.69. The molecule has 1 aromatic carbocycles. The van der Waals surface area contributed by atoms with Crippen molar-refractivity contribution in [3.8, 4) is 0 Å². The highest BCUT2D eigenvalue weighted by molar-refractivity contribution is 5.64. The number of hydrogen-bond acceptors (Lipinski definition) is 3. The van der Waals surface area contributed by atoms with Crippen molar-refractivity contribution >= 4 is 17.7 Å². The number of non-ortho nitro benzene ring substituents is 1. The number of aliphatic imine (C=N–C) groups is 1. The molecule has 0 amide bonds. The second kappa shape index (κ2) is 4.54. The molecule has 0 saturated heterocycles. The van der Waals surface area contributed by atoms with Gasteiger partial charge in [0.2, 0.25) is 0 Å². The molecule has 15 heavy (non-hydrogen) atoms. The topological polar surface area (TPSA) is 58.7 Å². The Morgan fingerprint density at radius 2 is 2.13 bits per heavy atom. The molecule has 5 nitrogen and oxygen atoms in total. The average molecular weight is 207 g/mol. The van der Waals surface area contributed by atoms with E-state index in [0.29, 0.717) is 5.69 Å². The Kier molecular flexibility index (Phi) is 3.38. The van der Waals surface area contributed by atoms with Crippen LogP contribution in [0.1, 0.15) is 5.56 Å². The first kappa shape index (κ1) is 11.2. The third-order valence-corrected chi connectivity index (χ3v) is 1.83. The molecule has 0 aliphatic rings. The summed E-state index contributed by atoms with van der Waals surface area (Å²) in [4.78, 5) is 16.0. The van der Waals surface area contributed by atoms with Gasteiger partial charge in [0.1, 0.15) is 0 Å². The molecule has 0 aliphatic carbocycles. The van der Waals surface area contributed by atoms with Crippen LogP contribution in [-0.4, -0.2) is 30.3 Å². The molecule has 80 valence electrons. The van der Waals surface area contributed by atoms with Gasteiger partial charge in [0.25, 0.3) is 5.69 Å². The normalized spacial score (nSPS) is 10.6. The largest absolute Gasteiger partial charge is 0.369 e. The van der Waals surface area contributed by atoms with Crippen molar-refractivity contribution < 1.29 is 4.92 Å². The minimum Gasteiger partial charge on any atom is -0.369 e. The molecule has 0 radical (unpaired) electrons. The summed E-state index contributed by atoms with van der Waals surface area (Å²) in [5, 5.41) is 10.5. The number of rotatable bonds is 3. The maximum Gasteiger partial charge on any atom is 0.271 e. The van der Waals surface area contributed by atoms with Gasteiger partial charge in [0.15, 0.2) is 0 Å². The molecule has 0 unspecified atom stereocenters. The van der Waals surface area contributed by atoms with Crippen LogP contribution in [0, 0.1) is 17.0 Å². The van der Waals surface area contributed by atoms with Crippen LogP contribution in [0.3, 0.4) is 0 Å². The minimum atomic E-state index is -0.422. The van der Waals surface area contributed by atoms with E-state index in [4.69, 9.17) is 0 Å². The van der Waals surface area contributed by atoms with E-state index >= 15 is 0 Å². The molecule has 0 spiro atoms. The van der Waals surface area contributed by atoms with Gasteiger partial charge in [0, 0.05) is 26.2 Å². The first-order valence-electron chi connectivity index (χ1n) is 4.46. The third kappa shape index (κ3) is 3.05. The Balaban J connectivity index is 3.05.